The van der Waals surface area contributed by atoms with E-state index in [1.807, 2.05) is 0 Å². The molecule has 4 N–H and O–H groups in total. The Morgan fingerprint density at radius 1 is 1.53 bits per heavy atom. The van der Waals surface area contributed by atoms with Gasteiger partial charge in [-0.05, 0) is 13.3 Å². The maximum Gasteiger partial charge on any atom is 0.159 e. The van der Waals surface area contributed by atoms with Gasteiger partial charge in [0.05, 0.1) is 19.3 Å². The molecule has 0 radical (unpaired) electrons. The van der Waals surface area contributed by atoms with Crippen LogP contribution in [-0.4, -0.2) is 63.9 Å². The lowest BCUT2D eigenvalue weighted by Crippen LogP contribution is -2.41. The number of rotatable bonds is 8. The van der Waals surface area contributed by atoms with Crippen LogP contribution >= 0.6 is 11.8 Å². The van der Waals surface area contributed by atoms with Gasteiger partial charge < -0.3 is 25.4 Å². The highest BCUT2D eigenvalue weighted by Gasteiger charge is 2.29. The lowest BCUT2D eigenvalue weighted by molar-refractivity contribution is -0.107. The topological polar surface area (TPSA) is 94.3 Å². The molecule has 0 fully saturated rings. The van der Waals surface area contributed by atoms with Crippen molar-refractivity contribution < 1.29 is 20.1 Å². The molecule has 19 heavy (non-hydrogen) atoms. The highest BCUT2D eigenvalue weighted by Crippen LogP contribution is 2.23. The van der Waals surface area contributed by atoms with Crippen LogP contribution in [0.3, 0.4) is 0 Å². The van der Waals surface area contributed by atoms with Crippen molar-refractivity contribution in [2.45, 2.75) is 50.4 Å². The summed E-state index contributed by atoms with van der Waals surface area (Å²) >= 11 is 1.45. The van der Waals surface area contributed by atoms with Crippen molar-refractivity contribution in [3.63, 3.8) is 0 Å². The van der Waals surface area contributed by atoms with E-state index in [0.717, 1.165) is 24.6 Å². The van der Waals surface area contributed by atoms with Gasteiger partial charge >= 0.3 is 0 Å². The molecule has 4 atom stereocenters. The molecule has 6 nitrogen and oxygen atoms in total. The number of aliphatic hydroxyl groups is 3. The quantitative estimate of drug-likeness (QED) is 0.468. The maximum atomic E-state index is 9.69. The molecular weight excluding hydrogens is 268 g/mol. The van der Waals surface area contributed by atoms with Crippen molar-refractivity contribution in [3.05, 3.63) is 0 Å². The summed E-state index contributed by atoms with van der Waals surface area (Å²) in [4.78, 5) is 4.30. The Morgan fingerprint density at radius 2 is 2.26 bits per heavy atom. The van der Waals surface area contributed by atoms with E-state index in [4.69, 9.17) is 4.74 Å². The van der Waals surface area contributed by atoms with Crippen molar-refractivity contribution in [2.75, 3.05) is 19.7 Å². The summed E-state index contributed by atoms with van der Waals surface area (Å²) in [5, 5.41) is 32.2. The predicted octanol–water partition coefficient (Wildman–Crippen LogP) is -0.0758. The minimum absolute atomic E-state index is 0.227. The van der Waals surface area contributed by atoms with E-state index in [-0.39, 0.29) is 12.0 Å². The van der Waals surface area contributed by atoms with Crippen LogP contribution in [0.15, 0.2) is 4.99 Å². The molecule has 0 amide bonds. The van der Waals surface area contributed by atoms with E-state index in [9.17, 15) is 15.3 Å². The maximum absolute atomic E-state index is 9.69. The second kappa shape index (κ2) is 8.76. The molecule has 0 saturated carbocycles. The number of nitrogens with zero attached hydrogens (tertiary/aromatic N) is 1. The second-order valence-corrected chi connectivity index (χ2v) is 5.71. The monoisotopic (exact) mass is 292 g/mol. The molecule has 0 bridgehead atoms. The first-order valence-electron chi connectivity index (χ1n) is 6.65. The summed E-state index contributed by atoms with van der Waals surface area (Å²) in [6.07, 6.45) is -0.611. The lowest BCUT2D eigenvalue weighted by atomic mass is 10.1. The van der Waals surface area contributed by atoms with Crippen LogP contribution in [-0.2, 0) is 4.74 Å². The number of ether oxygens (including phenoxy) is 1. The Bertz CT molecular complexity index is 289. The number of hydrogen-bond donors (Lipinski definition) is 4. The van der Waals surface area contributed by atoms with Crippen molar-refractivity contribution in [2.24, 2.45) is 4.99 Å². The van der Waals surface area contributed by atoms with Crippen molar-refractivity contribution >= 4 is 16.9 Å². The van der Waals surface area contributed by atoms with E-state index in [2.05, 4.69) is 17.2 Å². The largest absolute Gasteiger partial charge is 0.394 e. The summed E-state index contributed by atoms with van der Waals surface area (Å²) in [6.45, 7) is 4.63. The van der Waals surface area contributed by atoms with Crippen LogP contribution in [0, 0.1) is 0 Å². The molecule has 0 aliphatic carbocycles. The fourth-order valence-corrected chi connectivity index (χ4v) is 2.56. The molecule has 0 spiro atoms. The molecule has 1 aliphatic rings. The van der Waals surface area contributed by atoms with E-state index in [0.29, 0.717) is 6.54 Å². The zero-order valence-corrected chi connectivity index (χ0v) is 12.3. The summed E-state index contributed by atoms with van der Waals surface area (Å²) in [5.74, 6) is 0. The first-order valence-corrected chi connectivity index (χ1v) is 7.53. The summed E-state index contributed by atoms with van der Waals surface area (Å²) in [7, 11) is 0. The first kappa shape index (κ1) is 16.7. The third-order valence-corrected chi connectivity index (χ3v) is 3.84. The lowest BCUT2D eigenvalue weighted by Gasteiger charge is -2.25. The normalized spacial score (nSPS) is 23.8. The number of aliphatic imine (C=N–C) groups is 1. The zero-order valence-electron chi connectivity index (χ0n) is 11.5. The van der Waals surface area contributed by atoms with Gasteiger partial charge in [0.15, 0.2) is 5.17 Å². The Hall–Kier alpha value is -0.340. The van der Waals surface area contributed by atoms with Gasteiger partial charge in [-0.3, -0.25) is 4.99 Å². The molecule has 0 saturated heterocycles. The minimum Gasteiger partial charge on any atom is -0.394 e. The van der Waals surface area contributed by atoms with Crippen molar-refractivity contribution in [3.8, 4) is 0 Å². The van der Waals surface area contributed by atoms with Crippen LogP contribution in [0.25, 0.3) is 0 Å². The van der Waals surface area contributed by atoms with Gasteiger partial charge in [0.2, 0.25) is 0 Å². The number of hydrogen-bond acceptors (Lipinski definition) is 7. The molecule has 112 valence electrons. The molecule has 0 aromatic carbocycles. The molecule has 0 aromatic heterocycles. The van der Waals surface area contributed by atoms with Gasteiger partial charge in [0.25, 0.3) is 0 Å². The van der Waals surface area contributed by atoms with Crippen LogP contribution in [0.1, 0.15) is 26.7 Å². The number of amidine groups is 1. The summed E-state index contributed by atoms with van der Waals surface area (Å²) in [5.41, 5.74) is -0.227. The second-order valence-electron chi connectivity index (χ2n) is 4.56. The van der Waals surface area contributed by atoms with E-state index in [1.165, 1.54) is 18.7 Å². The SMILES string of the molecule is CCCCNC1=NCC(O[C@H](CO)[C@@H](O)[C@@H](C)O)S1. The Labute approximate surface area is 118 Å². The third kappa shape index (κ3) is 5.66. The zero-order chi connectivity index (χ0) is 14.3. The van der Waals surface area contributed by atoms with Gasteiger partial charge in [0.1, 0.15) is 17.6 Å². The predicted molar refractivity (Wildman–Crippen MR) is 76.2 cm³/mol. The molecule has 1 aliphatic heterocycles. The Kier molecular flexibility index (Phi) is 7.70. The Balaban J connectivity index is 2.31. The number of nitrogens with one attached hydrogen (secondary N) is 1. The van der Waals surface area contributed by atoms with E-state index < -0.39 is 18.3 Å². The highest BCUT2D eigenvalue weighted by atomic mass is 32.2. The third-order valence-electron chi connectivity index (χ3n) is 2.82. The minimum atomic E-state index is -1.09. The standard InChI is InChI=1S/C12H24N2O4S/c1-3-4-5-13-12-14-6-10(19-12)18-9(7-15)11(17)8(2)16/h8-11,15-17H,3-7H2,1-2H3,(H,13,14)/t8-,9-,10?,11+/m1/s1. The average molecular weight is 292 g/mol. The molecule has 1 unspecified atom stereocenters. The molecule has 0 aromatic rings. The van der Waals surface area contributed by atoms with Crippen molar-refractivity contribution in [1.29, 1.82) is 0 Å². The highest BCUT2D eigenvalue weighted by molar-refractivity contribution is 8.14. The average Bonchev–Trinajstić information content (AvgIpc) is 2.83. The number of thioether (sulfide) groups is 1. The first-order chi connectivity index (χ1) is 9.08. The molecule has 1 heterocycles. The van der Waals surface area contributed by atoms with Gasteiger partial charge in [-0.1, -0.05) is 25.1 Å². The molecule has 7 heteroatoms. The smallest absolute Gasteiger partial charge is 0.159 e. The van der Waals surface area contributed by atoms with Crippen LogP contribution in [0.4, 0.5) is 0 Å². The van der Waals surface area contributed by atoms with Gasteiger partial charge in [-0.2, -0.15) is 0 Å². The molecule has 1 rings (SSSR count). The summed E-state index contributed by atoms with van der Waals surface area (Å²) in [6, 6.07) is 0. The van der Waals surface area contributed by atoms with E-state index >= 15 is 0 Å². The van der Waals surface area contributed by atoms with Crippen LogP contribution in [0.5, 0.6) is 0 Å². The van der Waals surface area contributed by atoms with Gasteiger partial charge in [-0.15, -0.1) is 0 Å². The molecular formula is C12H24N2O4S. The summed E-state index contributed by atoms with van der Waals surface area (Å²) < 4.78 is 5.57. The van der Waals surface area contributed by atoms with Crippen molar-refractivity contribution in [1.82, 2.24) is 5.32 Å². The van der Waals surface area contributed by atoms with Gasteiger partial charge in [0, 0.05) is 6.54 Å². The van der Waals surface area contributed by atoms with E-state index in [1.54, 1.807) is 0 Å². The number of unbranched alkanes of at least 4 members (excludes halogenated alkanes) is 1. The fourth-order valence-electron chi connectivity index (χ4n) is 1.63. The van der Waals surface area contributed by atoms with Gasteiger partial charge in [-0.25, -0.2) is 0 Å². The fraction of sp³-hybridized carbons (Fsp3) is 0.917. The van der Waals surface area contributed by atoms with Crippen LogP contribution < -0.4 is 5.32 Å². The Morgan fingerprint density at radius 3 is 2.84 bits per heavy atom. The van der Waals surface area contributed by atoms with Crippen LogP contribution in [0.2, 0.25) is 0 Å². The number of aliphatic hydroxyl groups excluding tert-OH is 3.